The van der Waals surface area contributed by atoms with Crippen LogP contribution in [0.1, 0.15) is 63.4 Å². The topological polar surface area (TPSA) is 129 Å². The Labute approximate surface area is 208 Å². The zero-order chi connectivity index (χ0) is 27.2. The molecule has 1 aliphatic rings. The molecule has 0 spiro atoms. The minimum absolute atomic E-state index is 0.0956. The van der Waals surface area contributed by atoms with Gasteiger partial charge in [0.05, 0.1) is 11.9 Å². The lowest BCUT2D eigenvalue weighted by Crippen LogP contribution is -2.49. The van der Waals surface area contributed by atoms with Gasteiger partial charge in [-0.25, -0.2) is 24.8 Å². The Kier molecular flexibility index (Phi) is 7.49. The summed E-state index contributed by atoms with van der Waals surface area (Å²) in [5.74, 6) is 0.0956. The van der Waals surface area contributed by atoms with Gasteiger partial charge >= 0.3 is 24.0 Å². The molecule has 2 aromatic heterocycles. The fourth-order valence-corrected chi connectivity index (χ4v) is 5.18. The molecule has 14 heteroatoms. The van der Waals surface area contributed by atoms with E-state index in [0.717, 1.165) is 20.9 Å². The van der Waals surface area contributed by atoms with Gasteiger partial charge in [-0.05, 0) is 52.0 Å². The summed E-state index contributed by atoms with van der Waals surface area (Å²) >= 11 is 0.991. The number of ether oxygens (including phenoxy) is 1. The third kappa shape index (κ3) is 6.20. The third-order valence-electron chi connectivity index (χ3n) is 5.78. The van der Waals surface area contributed by atoms with Crippen molar-refractivity contribution in [3.05, 3.63) is 31.3 Å². The number of rotatable bonds is 6. The summed E-state index contributed by atoms with van der Waals surface area (Å²) in [4.78, 5) is 51.3. The van der Waals surface area contributed by atoms with E-state index in [1.54, 1.807) is 27.7 Å². The number of nitrogens with two attached hydrogens (primary N) is 1. The molecule has 200 valence electrons. The third-order valence-corrected chi connectivity index (χ3v) is 7.07. The first-order valence-electron chi connectivity index (χ1n) is 11.4. The maximum Gasteiger partial charge on any atom is 0.426 e. The van der Waals surface area contributed by atoms with Gasteiger partial charge in [-0.15, -0.1) is 11.3 Å². The first kappa shape index (κ1) is 27.6. The number of thiophene rings is 1. The Hall–Kier alpha value is -3.03. The highest BCUT2D eigenvalue weighted by Crippen LogP contribution is 2.41. The van der Waals surface area contributed by atoms with Gasteiger partial charge in [0.15, 0.2) is 0 Å². The maximum absolute atomic E-state index is 13.3. The Morgan fingerprint density at radius 2 is 1.86 bits per heavy atom. The highest BCUT2D eigenvalue weighted by molar-refractivity contribution is 7.18. The molecule has 3 amide bonds. The number of amides is 3. The molecule has 36 heavy (non-hydrogen) atoms. The quantitative estimate of drug-likeness (QED) is 0.546. The number of alkyl halides is 3. The highest BCUT2D eigenvalue weighted by Gasteiger charge is 2.38. The first-order valence-corrected chi connectivity index (χ1v) is 12.2. The van der Waals surface area contributed by atoms with E-state index in [2.05, 4.69) is 5.43 Å². The monoisotopic (exact) mass is 533 g/mol. The van der Waals surface area contributed by atoms with Crippen molar-refractivity contribution in [2.45, 2.75) is 84.8 Å². The van der Waals surface area contributed by atoms with Crippen LogP contribution < -0.4 is 22.4 Å². The largest absolute Gasteiger partial charge is 0.443 e. The standard InChI is InChI=1S/C22H30F3N5O5S/c1-11-9-13(11)30-16(31)15-12(2)14(10-29(18(26)32)27-19(33)35-21(3,4)5)36-17(15)28(20(30)34)8-6-7-22(23,24)25/h11,13H,6-10H2,1-5H3,(H2,26,32)(H,27,33)/t11-,13-/m0/s1. The number of hydrazine groups is 1. The number of carbonyl (C=O) groups is 2. The van der Waals surface area contributed by atoms with Gasteiger partial charge < -0.3 is 10.5 Å². The number of carbonyl (C=O) groups excluding carboxylic acids is 2. The van der Waals surface area contributed by atoms with Crippen LogP contribution in [0.3, 0.4) is 0 Å². The summed E-state index contributed by atoms with van der Waals surface area (Å²) in [5, 5.41) is 1.00. The van der Waals surface area contributed by atoms with E-state index in [-0.39, 0.29) is 41.7 Å². The van der Waals surface area contributed by atoms with Crippen LogP contribution in [0.4, 0.5) is 22.8 Å². The molecule has 0 bridgehead atoms. The maximum atomic E-state index is 13.3. The van der Waals surface area contributed by atoms with E-state index in [0.29, 0.717) is 16.9 Å². The summed E-state index contributed by atoms with van der Waals surface area (Å²) in [6, 6.07) is -1.31. The minimum atomic E-state index is -4.38. The van der Waals surface area contributed by atoms with Crippen molar-refractivity contribution < 1.29 is 27.5 Å². The Morgan fingerprint density at radius 1 is 1.25 bits per heavy atom. The molecule has 1 aliphatic carbocycles. The van der Waals surface area contributed by atoms with Gasteiger partial charge in [0, 0.05) is 23.9 Å². The SMILES string of the molecule is Cc1c(CN(NC(=O)OC(C)(C)C)C(N)=O)sc2c1c(=O)n([C@H]1C[C@@H]1C)c(=O)n2CCCC(F)(F)F. The number of nitrogens with zero attached hydrogens (tertiary/aromatic N) is 3. The predicted molar refractivity (Wildman–Crippen MR) is 128 cm³/mol. The molecule has 0 aliphatic heterocycles. The van der Waals surface area contributed by atoms with Crippen molar-refractivity contribution in [2.24, 2.45) is 11.7 Å². The molecule has 1 fully saturated rings. The van der Waals surface area contributed by atoms with Crippen LogP contribution in [0.5, 0.6) is 0 Å². The second-order valence-electron chi connectivity index (χ2n) is 9.98. The number of aromatic nitrogens is 2. The van der Waals surface area contributed by atoms with E-state index in [4.69, 9.17) is 10.5 Å². The highest BCUT2D eigenvalue weighted by atomic mass is 32.1. The minimum Gasteiger partial charge on any atom is -0.443 e. The van der Waals surface area contributed by atoms with Crippen LogP contribution in [-0.4, -0.2) is 38.0 Å². The van der Waals surface area contributed by atoms with E-state index >= 15 is 0 Å². The fourth-order valence-electron chi connectivity index (χ4n) is 3.88. The molecule has 1 saturated carbocycles. The number of hydrogen-bond acceptors (Lipinski definition) is 6. The normalized spacial score (nSPS) is 17.8. The smallest absolute Gasteiger partial charge is 0.426 e. The van der Waals surface area contributed by atoms with Crippen LogP contribution in [-0.2, 0) is 17.8 Å². The van der Waals surface area contributed by atoms with E-state index in [9.17, 15) is 32.3 Å². The molecule has 0 radical (unpaired) electrons. The average Bonchev–Trinajstić information content (AvgIpc) is 3.32. The second-order valence-corrected chi connectivity index (χ2v) is 11.1. The van der Waals surface area contributed by atoms with Crippen molar-refractivity contribution in [1.29, 1.82) is 0 Å². The Bertz CT molecular complexity index is 1290. The number of primary amides is 1. The van der Waals surface area contributed by atoms with Gasteiger partial charge in [0.2, 0.25) is 0 Å². The lowest BCUT2D eigenvalue weighted by Gasteiger charge is -2.24. The molecule has 0 aromatic carbocycles. The first-order chi connectivity index (χ1) is 16.5. The molecule has 2 heterocycles. The molecule has 0 unspecified atom stereocenters. The number of halogens is 3. The zero-order valence-corrected chi connectivity index (χ0v) is 21.5. The molecular weight excluding hydrogens is 503 g/mol. The molecule has 2 atom stereocenters. The molecule has 3 N–H and O–H groups in total. The lowest BCUT2D eigenvalue weighted by atomic mass is 10.2. The van der Waals surface area contributed by atoms with Crippen LogP contribution in [0.25, 0.3) is 10.2 Å². The zero-order valence-electron chi connectivity index (χ0n) is 20.7. The molecule has 0 saturated heterocycles. The van der Waals surface area contributed by atoms with Crippen molar-refractivity contribution in [2.75, 3.05) is 0 Å². The van der Waals surface area contributed by atoms with Crippen LogP contribution in [0.2, 0.25) is 0 Å². The van der Waals surface area contributed by atoms with Gasteiger partial charge in [-0.2, -0.15) is 13.2 Å². The number of hydrogen-bond donors (Lipinski definition) is 2. The fraction of sp³-hybridized carbons (Fsp3) is 0.636. The van der Waals surface area contributed by atoms with Crippen LogP contribution in [0, 0.1) is 12.8 Å². The van der Waals surface area contributed by atoms with Crippen molar-refractivity contribution in [3.63, 3.8) is 0 Å². The summed E-state index contributed by atoms with van der Waals surface area (Å²) in [5.41, 5.74) is 6.10. The molecular formula is C22H30F3N5O5S. The number of urea groups is 1. The summed E-state index contributed by atoms with van der Waals surface area (Å²) in [6.45, 7) is 7.95. The Morgan fingerprint density at radius 3 is 2.36 bits per heavy atom. The predicted octanol–water partition coefficient (Wildman–Crippen LogP) is 3.78. The summed E-state index contributed by atoms with van der Waals surface area (Å²) in [6.07, 6.45) is -6.10. The van der Waals surface area contributed by atoms with Gasteiger partial charge in [-0.1, -0.05) is 6.92 Å². The second kappa shape index (κ2) is 9.79. The lowest BCUT2D eigenvalue weighted by molar-refractivity contribution is -0.135. The van der Waals surface area contributed by atoms with E-state index < -0.39 is 41.6 Å². The van der Waals surface area contributed by atoms with Gasteiger partial charge in [0.25, 0.3) is 5.56 Å². The molecule has 2 aromatic rings. The van der Waals surface area contributed by atoms with Crippen molar-refractivity contribution >= 4 is 33.7 Å². The van der Waals surface area contributed by atoms with Crippen LogP contribution in [0.15, 0.2) is 9.59 Å². The number of aryl methyl sites for hydroxylation is 2. The average molecular weight is 534 g/mol. The Balaban J connectivity index is 2.04. The number of fused-ring (bicyclic) bond motifs is 1. The van der Waals surface area contributed by atoms with E-state index in [1.807, 2.05) is 6.92 Å². The van der Waals surface area contributed by atoms with Gasteiger partial charge in [-0.3, -0.25) is 13.9 Å². The summed E-state index contributed by atoms with van der Waals surface area (Å²) < 4.78 is 45.8. The van der Waals surface area contributed by atoms with E-state index in [1.165, 1.54) is 4.57 Å². The van der Waals surface area contributed by atoms with Crippen molar-refractivity contribution in [3.8, 4) is 0 Å². The summed E-state index contributed by atoms with van der Waals surface area (Å²) in [7, 11) is 0. The van der Waals surface area contributed by atoms with Crippen LogP contribution >= 0.6 is 11.3 Å². The van der Waals surface area contributed by atoms with Crippen molar-refractivity contribution in [1.82, 2.24) is 19.6 Å². The number of nitrogens with one attached hydrogen (secondary N) is 1. The molecule has 10 nitrogen and oxygen atoms in total. The molecule has 3 rings (SSSR count). The van der Waals surface area contributed by atoms with Gasteiger partial charge in [0.1, 0.15) is 10.4 Å².